The standard InChI is InChI=1S/C23H20F3N3O/c1-13-10-16-12-17(8-9-20(16)27-13)28-22(30)18-11-14(2)29(15(18)3)21-7-5-4-6-19(21)23(24,25)26/h4-12,27H,1-3H3,(H,28,30). The number of aryl methyl sites for hydroxylation is 2. The Morgan fingerprint density at radius 1 is 1.00 bits per heavy atom. The number of aromatic amines is 1. The van der Waals surface area contributed by atoms with Crippen LogP contribution in [0.1, 0.15) is 33.0 Å². The van der Waals surface area contributed by atoms with Gasteiger partial charge in [-0.15, -0.1) is 0 Å². The molecule has 0 saturated carbocycles. The van der Waals surface area contributed by atoms with Crippen molar-refractivity contribution in [1.29, 1.82) is 0 Å². The number of aromatic nitrogens is 2. The summed E-state index contributed by atoms with van der Waals surface area (Å²) in [4.78, 5) is 16.1. The van der Waals surface area contributed by atoms with Crippen molar-refractivity contribution in [3.05, 3.63) is 82.8 Å². The van der Waals surface area contributed by atoms with Crippen molar-refractivity contribution < 1.29 is 18.0 Å². The van der Waals surface area contributed by atoms with Crippen molar-refractivity contribution in [1.82, 2.24) is 9.55 Å². The largest absolute Gasteiger partial charge is 0.418 e. The summed E-state index contributed by atoms with van der Waals surface area (Å²) in [5.74, 6) is -0.370. The van der Waals surface area contributed by atoms with Crippen molar-refractivity contribution in [3.63, 3.8) is 0 Å². The second-order valence-corrected chi connectivity index (χ2v) is 7.34. The summed E-state index contributed by atoms with van der Waals surface area (Å²) in [6.07, 6.45) is -4.49. The number of carbonyl (C=O) groups is 1. The van der Waals surface area contributed by atoms with Crippen LogP contribution in [0.2, 0.25) is 0 Å². The van der Waals surface area contributed by atoms with Crippen molar-refractivity contribution in [2.45, 2.75) is 26.9 Å². The molecular formula is C23H20F3N3O. The molecule has 154 valence electrons. The highest BCUT2D eigenvalue weighted by Gasteiger charge is 2.34. The van der Waals surface area contributed by atoms with Gasteiger partial charge in [-0.2, -0.15) is 13.2 Å². The fourth-order valence-electron chi connectivity index (χ4n) is 3.83. The van der Waals surface area contributed by atoms with Crippen LogP contribution in [0.5, 0.6) is 0 Å². The maximum atomic E-state index is 13.5. The first-order valence-corrected chi connectivity index (χ1v) is 9.41. The van der Waals surface area contributed by atoms with Crippen LogP contribution >= 0.6 is 0 Å². The molecule has 2 N–H and O–H groups in total. The smallest absolute Gasteiger partial charge is 0.359 e. The van der Waals surface area contributed by atoms with E-state index >= 15 is 0 Å². The van der Waals surface area contributed by atoms with E-state index < -0.39 is 11.7 Å². The third kappa shape index (κ3) is 3.47. The zero-order valence-corrected chi connectivity index (χ0v) is 16.7. The molecule has 4 nitrogen and oxygen atoms in total. The second kappa shape index (κ2) is 7.09. The van der Waals surface area contributed by atoms with Crippen LogP contribution in [0.3, 0.4) is 0 Å². The number of nitrogens with zero attached hydrogens (tertiary/aromatic N) is 1. The number of nitrogens with one attached hydrogen (secondary N) is 2. The molecule has 0 atom stereocenters. The predicted octanol–water partition coefficient (Wildman–Crippen LogP) is 6.15. The molecule has 0 spiro atoms. The molecule has 2 aromatic carbocycles. The van der Waals surface area contributed by atoms with Crippen LogP contribution in [0.4, 0.5) is 18.9 Å². The van der Waals surface area contributed by atoms with Crippen LogP contribution in [-0.4, -0.2) is 15.5 Å². The van der Waals surface area contributed by atoms with E-state index in [-0.39, 0.29) is 11.6 Å². The number of amides is 1. The molecule has 0 saturated heterocycles. The van der Waals surface area contributed by atoms with Crippen LogP contribution in [-0.2, 0) is 6.18 Å². The Hall–Kier alpha value is -3.48. The van der Waals surface area contributed by atoms with Crippen LogP contribution in [0, 0.1) is 20.8 Å². The van der Waals surface area contributed by atoms with Crippen molar-refractivity contribution in [2.24, 2.45) is 0 Å². The van der Waals surface area contributed by atoms with E-state index in [9.17, 15) is 18.0 Å². The summed E-state index contributed by atoms with van der Waals surface area (Å²) in [6.45, 7) is 5.28. The van der Waals surface area contributed by atoms with Gasteiger partial charge >= 0.3 is 6.18 Å². The Labute approximate surface area is 171 Å². The highest BCUT2D eigenvalue weighted by Crippen LogP contribution is 2.35. The van der Waals surface area contributed by atoms with Gasteiger partial charge in [0.2, 0.25) is 0 Å². The number of anilines is 1. The number of H-pyrrole nitrogens is 1. The molecule has 0 aliphatic heterocycles. The SMILES string of the molecule is Cc1cc2cc(NC(=O)c3cc(C)n(-c4ccccc4C(F)(F)F)c3C)ccc2[nH]1. The number of carbonyl (C=O) groups excluding carboxylic acids is 1. The first kappa shape index (κ1) is 19.8. The normalized spacial score (nSPS) is 11.8. The van der Waals surface area contributed by atoms with Gasteiger partial charge in [0.15, 0.2) is 0 Å². The van der Waals surface area contributed by atoms with E-state index in [4.69, 9.17) is 0 Å². The summed E-state index contributed by atoms with van der Waals surface area (Å²) < 4.78 is 41.9. The Morgan fingerprint density at radius 2 is 1.73 bits per heavy atom. The number of hydrogen-bond acceptors (Lipinski definition) is 1. The number of hydrogen-bond donors (Lipinski definition) is 2. The molecule has 0 aliphatic carbocycles. The first-order chi connectivity index (χ1) is 14.1. The van der Waals surface area contributed by atoms with E-state index in [0.29, 0.717) is 22.6 Å². The lowest BCUT2D eigenvalue weighted by atomic mass is 10.1. The maximum absolute atomic E-state index is 13.5. The first-order valence-electron chi connectivity index (χ1n) is 9.41. The number of para-hydroxylation sites is 1. The van der Waals surface area contributed by atoms with E-state index in [1.54, 1.807) is 32.0 Å². The Kier molecular flexibility index (Phi) is 4.68. The lowest BCUT2D eigenvalue weighted by molar-refractivity contribution is -0.137. The molecule has 2 heterocycles. The van der Waals surface area contributed by atoms with Gasteiger partial charge in [0.1, 0.15) is 0 Å². The molecule has 0 radical (unpaired) electrons. The van der Waals surface area contributed by atoms with Gasteiger partial charge < -0.3 is 14.9 Å². The molecule has 2 aromatic heterocycles. The quantitative estimate of drug-likeness (QED) is 0.417. The lowest BCUT2D eigenvalue weighted by Gasteiger charge is -2.16. The van der Waals surface area contributed by atoms with Crippen molar-refractivity contribution >= 4 is 22.5 Å². The average Bonchev–Trinajstić information content (AvgIpc) is 3.18. The van der Waals surface area contributed by atoms with E-state index in [1.807, 2.05) is 25.1 Å². The molecular weight excluding hydrogens is 391 g/mol. The molecule has 4 aromatic rings. The van der Waals surface area contributed by atoms with Gasteiger partial charge in [0, 0.05) is 33.7 Å². The minimum absolute atomic E-state index is 0.00303. The molecule has 0 fully saturated rings. The van der Waals surface area contributed by atoms with Crippen LogP contribution in [0.15, 0.2) is 54.6 Å². The van der Waals surface area contributed by atoms with E-state index in [0.717, 1.165) is 22.7 Å². The molecule has 7 heteroatoms. The topological polar surface area (TPSA) is 49.8 Å². The van der Waals surface area contributed by atoms with Gasteiger partial charge in [-0.3, -0.25) is 4.79 Å². The molecule has 0 unspecified atom stereocenters. The van der Waals surface area contributed by atoms with Gasteiger partial charge in [0.05, 0.1) is 16.8 Å². The van der Waals surface area contributed by atoms with Gasteiger partial charge in [-0.25, -0.2) is 0 Å². The van der Waals surface area contributed by atoms with Crippen LogP contribution in [0.25, 0.3) is 16.6 Å². The Morgan fingerprint density at radius 3 is 2.47 bits per heavy atom. The molecule has 4 rings (SSSR count). The fourth-order valence-corrected chi connectivity index (χ4v) is 3.83. The number of alkyl halides is 3. The number of rotatable bonds is 3. The summed E-state index contributed by atoms with van der Waals surface area (Å²) in [7, 11) is 0. The fraction of sp³-hybridized carbons (Fsp3) is 0.174. The lowest BCUT2D eigenvalue weighted by Crippen LogP contribution is -2.14. The minimum atomic E-state index is -4.49. The number of fused-ring (bicyclic) bond motifs is 1. The zero-order valence-electron chi connectivity index (χ0n) is 16.7. The zero-order chi connectivity index (χ0) is 21.6. The van der Waals surface area contributed by atoms with Gasteiger partial charge in [-0.1, -0.05) is 12.1 Å². The highest BCUT2D eigenvalue weighted by molar-refractivity contribution is 6.06. The average molecular weight is 411 g/mol. The molecule has 1 amide bonds. The summed E-state index contributed by atoms with van der Waals surface area (Å²) >= 11 is 0. The number of benzene rings is 2. The van der Waals surface area contributed by atoms with Crippen LogP contribution < -0.4 is 5.32 Å². The van der Waals surface area contributed by atoms with Crippen molar-refractivity contribution in [2.75, 3.05) is 5.32 Å². The maximum Gasteiger partial charge on any atom is 0.418 e. The summed E-state index contributed by atoms with van der Waals surface area (Å²) in [6, 6.07) is 14.5. The second-order valence-electron chi connectivity index (χ2n) is 7.34. The third-order valence-corrected chi connectivity index (χ3v) is 5.14. The summed E-state index contributed by atoms with van der Waals surface area (Å²) in [5.41, 5.74) is 3.18. The van der Waals surface area contributed by atoms with E-state index in [2.05, 4.69) is 10.3 Å². The summed E-state index contributed by atoms with van der Waals surface area (Å²) in [5, 5.41) is 3.82. The molecule has 0 aliphatic rings. The Bertz CT molecular complexity index is 1260. The van der Waals surface area contributed by atoms with Gasteiger partial charge in [0.25, 0.3) is 5.91 Å². The molecule has 0 bridgehead atoms. The monoisotopic (exact) mass is 411 g/mol. The Balaban J connectivity index is 1.70. The van der Waals surface area contributed by atoms with E-state index in [1.165, 1.54) is 16.7 Å². The van der Waals surface area contributed by atoms with Crippen molar-refractivity contribution in [3.8, 4) is 5.69 Å². The minimum Gasteiger partial charge on any atom is -0.359 e. The molecule has 30 heavy (non-hydrogen) atoms. The number of halogens is 3. The predicted molar refractivity (Wildman–Crippen MR) is 111 cm³/mol. The third-order valence-electron chi connectivity index (χ3n) is 5.14. The van der Waals surface area contributed by atoms with Gasteiger partial charge in [-0.05, 0) is 63.2 Å². The highest BCUT2D eigenvalue weighted by atomic mass is 19.4.